The van der Waals surface area contributed by atoms with E-state index in [0.717, 1.165) is 23.4 Å². The Morgan fingerprint density at radius 2 is 1.45 bits per heavy atom. The van der Waals surface area contributed by atoms with Crippen LogP contribution in [0.2, 0.25) is 0 Å². The summed E-state index contributed by atoms with van der Waals surface area (Å²) in [6.07, 6.45) is 5.34. The Morgan fingerprint density at radius 1 is 0.966 bits per heavy atom. The molecule has 29 heavy (non-hydrogen) atoms. The van der Waals surface area contributed by atoms with Crippen molar-refractivity contribution in [3.63, 3.8) is 0 Å². The molecule has 1 aliphatic rings. The van der Waals surface area contributed by atoms with E-state index in [1.165, 1.54) is 0 Å². The van der Waals surface area contributed by atoms with E-state index in [0.29, 0.717) is 6.61 Å². The Morgan fingerprint density at radius 3 is 1.90 bits per heavy atom. The van der Waals surface area contributed by atoms with Gasteiger partial charge in [0.25, 0.3) is 0 Å². The van der Waals surface area contributed by atoms with Crippen molar-refractivity contribution in [1.82, 2.24) is 0 Å². The van der Waals surface area contributed by atoms with Crippen LogP contribution < -0.4 is 14.4 Å². The molecule has 0 N–H and O–H groups in total. The van der Waals surface area contributed by atoms with Gasteiger partial charge < -0.3 is 18.2 Å². The lowest BCUT2D eigenvalue weighted by atomic mass is 9.79. The maximum atomic E-state index is 6.48. The molecule has 166 valence electrons. The van der Waals surface area contributed by atoms with Crippen LogP contribution in [0.25, 0.3) is 0 Å². The molecular weight excluding hydrogens is 383 g/mol. The van der Waals surface area contributed by atoms with Gasteiger partial charge in [0.1, 0.15) is 11.5 Å². The minimum absolute atomic E-state index is 0.0672. The van der Waals surface area contributed by atoms with Gasteiger partial charge in [0, 0.05) is 10.8 Å². The van der Waals surface area contributed by atoms with E-state index in [4.69, 9.17) is 18.2 Å². The zero-order chi connectivity index (χ0) is 22.7. The van der Waals surface area contributed by atoms with Gasteiger partial charge in [-0.15, -0.1) is 13.2 Å². The van der Waals surface area contributed by atoms with E-state index in [9.17, 15) is 0 Å². The van der Waals surface area contributed by atoms with Gasteiger partial charge in [0.2, 0.25) is 0 Å². The topological polar surface area (TPSA) is 36.9 Å². The minimum Gasteiger partial charge on any atom is -0.493 e. The lowest BCUT2D eigenvalue weighted by Gasteiger charge is -2.43. The Kier molecular flexibility index (Phi) is 8.37. The minimum atomic E-state index is -1.31. The number of ether oxygens (including phenoxy) is 1. The van der Waals surface area contributed by atoms with Crippen LogP contribution in [0, 0.1) is 0 Å². The molecule has 1 aromatic rings. The Labute approximate surface area is 181 Å². The molecule has 0 spiro atoms. The van der Waals surface area contributed by atoms with Crippen LogP contribution in [-0.2, 0) is 9.31 Å². The zero-order valence-corrected chi connectivity index (χ0v) is 21.0. The van der Waals surface area contributed by atoms with E-state index < -0.39 is 17.4 Å². The monoisotopic (exact) mass is 424 g/mol. The fraction of sp³-hybridized carbons (Fsp3) is 0.652. The predicted molar refractivity (Wildman–Crippen MR) is 129 cm³/mol. The molecule has 6 heteroatoms. The van der Waals surface area contributed by atoms with Crippen LogP contribution in [0.5, 0.6) is 11.5 Å². The van der Waals surface area contributed by atoms with E-state index in [2.05, 4.69) is 81.1 Å². The van der Waals surface area contributed by atoms with Crippen molar-refractivity contribution in [1.29, 1.82) is 0 Å². The summed E-state index contributed by atoms with van der Waals surface area (Å²) >= 11 is 0. The standard InChI is InChI=1S/C21H37BO4S.C2H4/c1-11-12-23-17-13-16(22-25-20(5,6)21(7,8)26-22)14-18(15-17)24-27(9,10)19(2,3)4;1-2/h13-15H,11-12H2,1-10H3;1-2H2. The fourth-order valence-corrected chi connectivity index (χ4v) is 3.25. The van der Waals surface area contributed by atoms with E-state index in [1.54, 1.807) is 0 Å². The lowest BCUT2D eigenvalue weighted by Crippen LogP contribution is -2.41. The lowest BCUT2D eigenvalue weighted by molar-refractivity contribution is 0.00578. The first kappa shape index (κ1) is 25.9. The molecule has 0 amide bonds. The summed E-state index contributed by atoms with van der Waals surface area (Å²) < 4.78 is 24.9. The van der Waals surface area contributed by atoms with Gasteiger partial charge in [-0.1, -0.05) is 17.2 Å². The Bertz CT molecular complexity index is 664. The second-order valence-corrected chi connectivity index (χ2v) is 13.5. The molecule has 0 aromatic heterocycles. The quantitative estimate of drug-likeness (QED) is 0.432. The smallest absolute Gasteiger partial charge is 0.493 e. The molecule has 1 saturated heterocycles. The van der Waals surface area contributed by atoms with Crippen LogP contribution in [0.4, 0.5) is 0 Å². The summed E-state index contributed by atoms with van der Waals surface area (Å²) in [5, 5.41) is 0. The van der Waals surface area contributed by atoms with Crippen LogP contribution in [-0.4, -0.2) is 42.2 Å². The molecule has 0 saturated carbocycles. The third kappa shape index (κ3) is 6.19. The highest BCUT2D eigenvalue weighted by Crippen LogP contribution is 2.53. The van der Waals surface area contributed by atoms with E-state index >= 15 is 0 Å². The SMILES string of the molecule is C=C.CCCOc1cc(OS(C)(C)C(C)(C)C)cc(B2OC(C)(C)C(C)(C)O2)c1. The van der Waals surface area contributed by atoms with Gasteiger partial charge in [-0.05, 0) is 85.0 Å². The Hall–Kier alpha value is -1.11. The molecule has 0 bridgehead atoms. The normalized spacial score (nSPS) is 18.6. The summed E-state index contributed by atoms with van der Waals surface area (Å²) in [5.74, 6) is 1.60. The van der Waals surface area contributed by atoms with E-state index in [1.807, 2.05) is 18.2 Å². The second kappa shape index (κ2) is 9.36. The maximum Gasteiger partial charge on any atom is 0.495 e. The summed E-state index contributed by atoms with van der Waals surface area (Å²) in [7, 11) is -1.75. The van der Waals surface area contributed by atoms with Crippen molar-refractivity contribution in [3.05, 3.63) is 31.4 Å². The Balaban J connectivity index is 0.00000204. The first-order valence-corrected chi connectivity index (χ1v) is 12.6. The van der Waals surface area contributed by atoms with Crippen LogP contribution in [0.15, 0.2) is 31.4 Å². The third-order valence-corrected chi connectivity index (χ3v) is 9.24. The molecule has 0 unspecified atom stereocenters. The van der Waals surface area contributed by atoms with E-state index in [-0.39, 0.29) is 15.9 Å². The number of benzene rings is 1. The van der Waals surface area contributed by atoms with Gasteiger partial charge in [0.15, 0.2) is 0 Å². The second-order valence-electron chi connectivity index (χ2n) is 9.60. The average molecular weight is 424 g/mol. The summed E-state index contributed by atoms with van der Waals surface area (Å²) in [6.45, 7) is 23.7. The van der Waals surface area contributed by atoms with Gasteiger partial charge in [-0.2, -0.15) is 0 Å². The predicted octanol–water partition coefficient (Wildman–Crippen LogP) is 5.73. The molecule has 2 rings (SSSR count). The van der Waals surface area contributed by atoms with Gasteiger partial charge in [-0.3, -0.25) is 0 Å². The van der Waals surface area contributed by atoms with Crippen molar-refractivity contribution in [3.8, 4) is 11.5 Å². The molecule has 1 heterocycles. The zero-order valence-electron chi connectivity index (χ0n) is 20.2. The van der Waals surface area contributed by atoms with Crippen LogP contribution in [0.1, 0.15) is 61.8 Å². The summed E-state index contributed by atoms with van der Waals surface area (Å²) in [6, 6.07) is 6.01. The molecule has 1 aromatic carbocycles. The van der Waals surface area contributed by atoms with Crippen molar-refractivity contribution in [2.24, 2.45) is 0 Å². The van der Waals surface area contributed by atoms with Crippen molar-refractivity contribution >= 4 is 22.9 Å². The molecular formula is C23H41BO4S. The highest BCUT2D eigenvalue weighted by molar-refractivity contribution is 8.30. The summed E-state index contributed by atoms with van der Waals surface area (Å²) in [4.78, 5) is 0. The number of hydrogen-bond donors (Lipinski definition) is 0. The average Bonchev–Trinajstić information content (AvgIpc) is 2.81. The van der Waals surface area contributed by atoms with Gasteiger partial charge in [0.05, 0.1) is 17.8 Å². The van der Waals surface area contributed by atoms with Crippen LogP contribution in [0.3, 0.4) is 0 Å². The maximum absolute atomic E-state index is 6.48. The van der Waals surface area contributed by atoms with Gasteiger partial charge in [-0.25, -0.2) is 0 Å². The first-order chi connectivity index (χ1) is 13.2. The molecule has 1 fully saturated rings. The molecule has 0 aliphatic carbocycles. The molecule has 1 aliphatic heterocycles. The first-order valence-electron chi connectivity index (χ1n) is 10.2. The fourth-order valence-electron chi connectivity index (χ4n) is 2.43. The molecule has 4 nitrogen and oxygen atoms in total. The highest BCUT2D eigenvalue weighted by atomic mass is 32.3. The third-order valence-electron chi connectivity index (χ3n) is 5.68. The molecule has 0 atom stereocenters. The number of rotatable bonds is 6. The van der Waals surface area contributed by atoms with Crippen molar-refractivity contribution < 1.29 is 18.2 Å². The largest absolute Gasteiger partial charge is 0.495 e. The van der Waals surface area contributed by atoms with Crippen molar-refractivity contribution in [2.45, 2.75) is 77.8 Å². The molecule has 0 radical (unpaired) electrons. The van der Waals surface area contributed by atoms with Crippen LogP contribution >= 0.6 is 10.3 Å². The summed E-state index contributed by atoms with van der Waals surface area (Å²) in [5.41, 5.74) is 0.172. The highest BCUT2D eigenvalue weighted by Gasteiger charge is 2.52. The number of hydrogen-bond acceptors (Lipinski definition) is 4. The van der Waals surface area contributed by atoms with Crippen molar-refractivity contribution in [2.75, 3.05) is 19.1 Å². The van der Waals surface area contributed by atoms with Gasteiger partial charge >= 0.3 is 7.12 Å².